The van der Waals surface area contributed by atoms with Gasteiger partial charge >= 0.3 is 0 Å². The molecule has 1 aromatic carbocycles. The van der Waals surface area contributed by atoms with Crippen LogP contribution in [0.4, 0.5) is 0 Å². The maximum absolute atomic E-state index is 12.1. The van der Waals surface area contributed by atoms with Crippen LogP contribution in [0.15, 0.2) is 29.8 Å². The van der Waals surface area contributed by atoms with Gasteiger partial charge in [-0.2, -0.15) is 0 Å². The molecule has 0 atom stereocenters. The van der Waals surface area contributed by atoms with Crippen LogP contribution >= 0.6 is 0 Å². The molecule has 1 N–H and O–H groups in total. The smallest absolute Gasteiger partial charge is 0.247 e. The molecule has 20 heavy (non-hydrogen) atoms. The van der Waals surface area contributed by atoms with Crippen molar-refractivity contribution < 1.29 is 14.3 Å². The monoisotopic (exact) mass is 273 g/mol. The average molecular weight is 273 g/mol. The zero-order valence-electron chi connectivity index (χ0n) is 11.9. The molecule has 4 heteroatoms. The first-order chi connectivity index (χ1) is 9.61. The number of carbonyl (C=O) groups excluding carboxylic acids is 2. The van der Waals surface area contributed by atoms with Gasteiger partial charge < -0.3 is 10.1 Å². The van der Waals surface area contributed by atoms with E-state index in [2.05, 4.69) is 5.32 Å². The van der Waals surface area contributed by atoms with Crippen molar-refractivity contribution in [1.82, 2.24) is 5.32 Å². The molecule has 0 unspecified atom stereocenters. The standard InChI is InChI=1S/C16H19NO3/c1-11(18)10-15-14(4-3-9-17-16(15)19)12-5-7-13(20-2)8-6-12/h5-8H,3-4,9-10H2,1-2H3,(H,17,19). The Hall–Kier alpha value is -2.10. The third-order valence-corrected chi connectivity index (χ3v) is 3.39. The van der Waals surface area contributed by atoms with E-state index < -0.39 is 0 Å². The second kappa shape index (κ2) is 6.37. The maximum atomic E-state index is 12.1. The number of hydrogen-bond acceptors (Lipinski definition) is 3. The summed E-state index contributed by atoms with van der Waals surface area (Å²) in [6.07, 6.45) is 1.87. The number of rotatable bonds is 4. The summed E-state index contributed by atoms with van der Waals surface area (Å²) >= 11 is 0. The van der Waals surface area contributed by atoms with E-state index in [9.17, 15) is 9.59 Å². The van der Waals surface area contributed by atoms with Gasteiger partial charge in [-0.1, -0.05) is 12.1 Å². The second-order valence-electron chi connectivity index (χ2n) is 4.92. The van der Waals surface area contributed by atoms with Crippen molar-refractivity contribution in [2.24, 2.45) is 0 Å². The molecule has 1 aromatic rings. The molecule has 1 aliphatic heterocycles. The SMILES string of the molecule is COc1ccc(C2=C(CC(C)=O)C(=O)NCCC2)cc1. The van der Waals surface area contributed by atoms with Crippen LogP contribution in [0.1, 0.15) is 31.7 Å². The summed E-state index contributed by atoms with van der Waals surface area (Å²) in [5.74, 6) is 0.659. The van der Waals surface area contributed by atoms with Gasteiger partial charge in [-0.15, -0.1) is 0 Å². The fourth-order valence-corrected chi connectivity index (χ4v) is 2.41. The molecule has 0 saturated carbocycles. The van der Waals surface area contributed by atoms with Crippen LogP contribution in [0.5, 0.6) is 5.75 Å². The molecule has 0 saturated heterocycles. The fourth-order valence-electron chi connectivity index (χ4n) is 2.41. The number of Topliss-reactive ketones (excluding diaryl/α,β-unsaturated/α-hetero) is 1. The highest BCUT2D eigenvalue weighted by Gasteiger charge is 2.20. The van der Waals surface area contributed by atoms with E-state index in [0.29, 0.717) is 12.1 Å². The minimum Gasteiger partial charge on any atom is -0.497 e. The highest BCUT2D eigenvalue weighted by Crippen LogP contribution is 2.29. The summed E-state index contributed by atoms with van der Waals surface area (Å²) in [6.45, 7) is 2.16. The normalized spacial score (nSPS) is 15.6. The molecule has 2 rings (SSSR count). The number of carbonyl (C=O) groups is 2. The zero-order chi connectivity index (χ0) is 14.5. The van der Waals surface area contributed by atoms with Crippen LogP contribution in [-0.2, 0) is 9.59 Å². The first-order valence-electron chi connectivity index (χ1n) is 6.76. The first kappa shape index (κ1) is 14.3. The van der Waals surface area contributed by atoms with Gasteiger partial charge in [0.25, 0.3) is 0 Å². The molecule has 0 fully saturated rings. The van der Waals surface area contributed by atoms with E-state index in [1.54, 1.807) is 7.11 Å². The minimum atomic E-state index is -0.122. The molecule has 1 heterocycles. The van der Waals surface area contributed by atoms with E-state index in [1.165, 1.54) is 6.92 Å². The lowest BCUT2D eigenvalue weighted by Crippen LogP contribution is -2.25. The number of allylic oxidation sites excluding steroid dienone is 1. The summed E-state index contributed by atoms with van der Waals surface area (Å²) in [5.41, 5.74) is 2.55. The number of methoxy groups -OCH3 is 1. The number of ketones is 1. The predicted octanol–water partition coefficient (Wildman–Crippen LogP) is 2.34. The van der Waals surface area contributed by atoms with E-state index in [1.807, 2.05) is 24.3 Å². The van der Waals surface area contributed by atoms with Crippen molar-refractivity contribution in [3.8, 4) is 5.75 Å². The Kier molecular flexibility index (Phi) is 4.56. The van der Waals surface area contributed by atoms with Crippen LogP contribution in [0.2, 0.25) is 0 Å². The Morgan fingerprint density at radius 1 is 1.30 bits per heavy atom. The first-order valence-corrected chi connectivity index (χ1v) is 6.76. The molecule has 0 spiro atoms. The lowest BCUT2D eigenvalue weighted by atomic mass is 9.93. The number of hydrogen-bond donors (Lipinski definition) is 1. The van der Waals surface area contributed by atoms with Crippen molar-refractivity contribution in [2.45, 2.75) is 26.2 Å². The summed E-state index contributed by atoms with van der Waals surface area (Å²) in [7, 11) is 1.62. The van der Waals surface area contributed by atoms with Crippen LogP contribution in [0.3, 0.4) is 0 Å². The van der Waals surface area contributed by atoms with Gasteiger partial charge in [-0.05, 0) is 43.0 Å². The Balaban J connectivity index is 2.43. The quantitative estimate of drug-likeness (QED) is 0.916. The van der Waals surface area contributed by atoms with Gasteiger partial charge in [0, 0.05) is 18.5 Å². The molecular formula is C16H19NO3. The van der Waals surface area contributed by atoms with Gasteiger partial charge in [0.1, 0.15) is 11.5 Å². The third-order valence-electron chi connectivity index (χ3n) is 3.39. The Labute approximate surface area is 118 Å². The van der Waals surface area contributed by atoms with Gasteiger partial charge in [-0.25, -0.2) is 0 Å². The van der Waals surface area contributed by atoms with Crippen LogP contribution in [0, 0.1) is 0 Å². The maximum Gasteiger partial charge on any atom is 0.247 e. The summed E-state index contributed by atoms with van der Waals surface area (Å²) < 4.78 is 5.14. The highest BCUT2D eigenvalue weighted by atomic mass is 16.5. The molecular weight excluding hydrogens is 254 g/mol. The van der Waals surface area contributed by atoms with Gasteiger partial charge in [0.15, 0.2) is 0 Å². The Bertz CT molecular complexity index is 543. The third kappa shape index (κ3) is 3.26. The summed E-state index contributed by atoms with van der Waals surface area (Å²) in [6, 6.07) is 7.62. The lowest BCUT2D eigenvalue weighted by Gasteiger charge is -2.11. The molecule has 0 radical (unpaired) electrons. The molecule has 4 nitrogen and oxygen atoms in total. The molecule has 0 aromatic heterocycles. The van der Waals surface area contributed by atoms with Crippen molar-refractivity contribution in [3.05, 3.63) is 35.4 Å². The topological polar surface area (TPSA) is 55.4 Å². The predicted molar refractivity (Wildman–Crippen MR) is 77.5 cm³/mol. The molecule has 0 bridgehead atoms. The number of amides is 1. The number of benzene rings is 1. The Morgan fingerprint density at radius 2 is 2.00 bits per heavy atom. The second-order valence-corrected chi connectivity index (χ2v) is 4.92. The van der Waals surface area contributed by atoms with Crippen molar-refractivity contribution >= 4 is 17.3 Å². The van der Waals surface area contributed by atoms with E-state index in [0.717, 1.165) is 29.7 Å². The van der Waals surface area contributed by atoms with Crippen LogP contribution in [0.25, 0.3) is 5.57 Å². The van der Waals surface area contributed by atoms with E-state index in [-0.39, 0.29) is 18.1 Å². The fraction of sp³-hybridized carbons (Fsp3) is 0.375. The largest absolute Gasteiger partial charge is 0.497 e. The number of ether oxygens (including phenoxy) is 1. The van der Waals surface area contributed by atoms with E-state index in [4.69, 9.17) is 4.74 Å². The molecule has 1 amide bonds. The number of nitrogens with one attached hydrogen (secondary N) is 1. The minimum absolute atomic E-state index is 0.00283. The Morgan fingerprint density at radius 3 is 2.60 bits per heavy atom. The van der Waals surface area contributed by atoms with Crippen molar-refractivity contribution in [3.63, 3.8) is 0 Å². The zero-order valence-corrected chi connectivity index (χ0v) is 11.9. The molecule has 0 aliphatic carbocycles. The van der Waals surface area contributed by atoms with Crippen LogP contribution in [-0.4, -0.2) is 25.3 Å². The van der Waals surface area contributed by atoms with Crippen molar-refractivity contribution in [1.29, 1.82) is 0 Å². The lowest BCUT2D eigenvalue weighted by molar-refractivity contribution is -0.120. The van der Waals surface area contributed by atoms with Crippen LogP contribution < -0.4 is 10.1 Å². The van der Waals surface area contributed by atoms with Crippen molar-refractivity contribution in [2.75, 3.05) is 13.7 Å². The highest BCUT2D eigenvalue weighted by molar-refractivity contribution is 6.05. The molecule has 1 aliphatic rings. The van der Waals surface area contributed by atoms with E-state index >= 15 is 0 Å². The average Bonchev–Trinajstić information content (AvgIpc) is 2.62. The molecule has 106 valence electrons. The summed E-state index contributed by atoms with van der Waals surface area (Å²) in [5, 5.41) is 2.85. The van der Waals surface area contributed by atoms with Gasteiger partial charge in [-0.3, -0.25) is 9.59 Å². The van der Waals surface area contributed by atoms with Gasteiger partial charge in [0.05, 0.1) is 7.11 Å². The summed E-state index contributed by atoms with van der Waals surface area (Å²) in [4.78, 5) is 23.5. The van der Waals surface area contributed by atoms with Gasteiger partial charge in [0.2, 0.25) is 5.91 Å².